The number of aromatic nitrogens is 1. The van der Waals surface area contributed by atoms with Crippen LogP contribution in [-0.4, -0.2) is 10.1 Å². The lowest BCUT2D eigenvalue weighted by Gasteiger charge is -2.15. The molecule has 2 nitrogen and oxygen atoms in total. The highest BCUT2D eigenvalue weighted by atomic mass is 79.9. The van der Waals surface area contributed by atoms with Gasteiger partial charge in [-0.05, 0) is 73.5 Å². The van der Waals surface area contributed by atoms with Gasteiger partial charge < -0.3 is 5.11 Å². The van der Waals surface area contributed by atoms with Gasteiger partial charge in [-0.2, -0.15) is 0 Å². The highest BCUT2D eigenvalue weighted by molar-refractivity contribution is 9.10. The minimum absolute atomic E-state index is 0.672. The van der Waals surface area contributed by atoms with Gasteiger partial charge in [0.15, 0.2) is 0 Å². The second-order valence-corrected chi connectivity index (χ2v) is 6.65. The summed E-state index contributed by atoms with van der Waals surface area (Å²) in [6.45, 7) is 0. The Balaban J connectivity index is 2.19. The van der Waals surface area contributed by atoms with Crippen molar-refractivity contribution < 1.29 is 5.11 Å². The van der Waals surface area contributed by atoms with Crippen LogP contribution in [0.1, 0.15) is 28.5 Å². The quantitative estimate of drug-likeness (QED) is 0.706. The Morgan fingerprint density at radius 2 is 2.05 bits per heavy atom. The first-order chi connectivity index (χ1) is 9.08. The van der Waals surface area contributed by atoms with Gasteiger partial charge in [0, 0.05) is 15.1 Å². The summed E-state index contributed by atoms with van der Waals surface area (Å²) in [6.07, 6.45) is 2.69. The molecule has 0 amide bonds. The summed E-state index contributed by atoms with van der Waals surface area (Å²) in [5.74, 6) is 0. The fourth-order valence-electron chi connectivity index (χ4n) is 2.46. The normalized spacial score (nSPS) is 17.6. The van der Waals surface area contributed by atoms with Crippen molar-refractivity contribution in [3.8, 4) is 0 Å². The Morgan fingerprint density at radius 1 is 1.26 bits per heavy atom. The van der Waals surface area contributed by atoms with Crippen molar-refractivity contribution in [2.75, 3.05) is 0 Å². The monoisotopic (exact) mass is 401 g/mol. The summed E-state index contributed by atoms with van der Waals surface area (Å²) in [7, 11) is 0. The first kappa shape index (κ1) is 13.6. The van der Waals surface area contributed by atoms with Crippen molar-refractivity contribution in [3.63, 3.8) is 0 Å². The van der Waals surface area contributed by atoms with Gasteiger partial charge in [0.25, 0.3) is 0 Å². The van der Waals surface area contributed by atoms with E-state index in [0.717, 1.165) is 44.2 Å². The minimum atomic E-state index is -0.700. The van der Waals surface area contributed by atoms with E-state index in [0.29, 0.717) is 5.02 Å². The zero-order valence-electron chi connectivity index (χ0n) is 9.83. The van der Waals surface area contributed by atoms with Crippen LogP contribution in [0.3, 0.4) is 0 Å². The molecule has 0 unspecified atom stereocenters. The molecule has 0 spiro atoms. The van der Waals surface area contributed by atoms with E-state index in [9.17, 15) is 5.11 Å². The Labute approximate surface area is 133 Å². The molecule has 1 aromatic carbocycles. The number of hydrogen-bond donors (Lipinski definition) is 1. The second kappa shape index (κ2) is 5.17. The van der Waals surface area contributed by atoms with Crippen molar-refractivity contribution in [1.29, 1.82) is 0 Å². The molecule has 1 aliphatic carbocycles. The predicted octanol–water partition coefficient (Wildman–Crippen LogP) is 4.44. The van der Waals surface area contributed by atoms with E-state index in [1.807, 2.05) is 12.1 Å². The van der Waals surface area contributed by atoms with Crippen molar-refractivity contribution in [2.24, 2.45) is 0 Å². The standard InChI is InChI=1S/C14H10Br2ClNO/c15-8-5-7-1-2-9-10(3-4-11(17)12(9)16)14(19)13(7)18-6-8/h3-6,14,19H,1-2H2/t14-/m1/s1. The summed E-state index contributed by atoms with van der Waals surface area (Å²) in [5.41, 5.74) is 3.75. The molecule has 1 aromatic heterocycles. The summed E-state index contributed by atoms with van der Waals surface area (Å²) in [5, 5.41) is 11.2. The number of benzene rings is 1. The molecule has 1 atom stereocenters. The number of hydrogen-bond acceptors (Lipinski definition) is 2. The molecule has 1 aliphatic rings. The van der Waals surface area contributed by atoms with Crippen molar-refractivity contribution in [3.05, 3.63) is 60.7 Å². The van der Waals surface area contributed by atoms with E-state index >= 15 is 0 Å². The lowest BCUT2D eigenvalue weighted by molar-refractivity contribution is 0.214. The largest absolute Gasteiger partial charge is 0.382 e. The van der Waals surface area contributed by atoms with Crippen LogP contribution in [0.4, 0.5) is 0 Å². The Bertz CT molecular complexity index is 660. The molecule has 0 saturated carbocycles. The third-order valence-electron chi connectivity index (χ3n) is 3.40. The maximum atomic E-state index is 10.6. The molecule has 0 fully saturated rings. The van der Waals surface area contributed by atoms with Gasteiger partial charge in [0.2, 0.25) is 0 Å². The van der Waals surface area contributed by atoms with Gasteiger partial charge in [-0.3, -0.25) is 4.98 Å². The number of aliphatic hydroxyl groups is 1. The van der Waals surface area contributed by atoms with Gasteiger partial charge in [-0.25, -0.2) is 0 Å². The van der Waals surface area contributed by atoms with E-state index in [1.165, 1.54) is 0 Å². The first-order valence-corrected chi connectivity index (χ1v) is 7.83. The van der Waals surface area contributed by atoms with Crippen molar-refractivity contribution in [1.82, 2.24) is 4.98 Å². The number of rotatable bonds is 0. The van der Waals surface area contributed by atoms with Crippen LogP contribution in [0.25, 0.3) is 0 Å². The number of aryl methyl sites for hydroxylation is 1. The minimum Gasteiger partial charge on any atom is -0.382 e. The second-order valence-electron chi connectivity index (χ2n) is 4.53. The number of aliphatic hydroxyl groups excluding tert-OH is 1. The predicted molar refractivity (Wildman–Crippen MR) is 82.6 cm³/mol. The number of fused-ring (bicyclic) bond motifs is 2. The van der Waals surface area contributed by atoms with E-state index in [2.05, 4.69) is 36.8 Å². The maximum absolute atomic E-state index is 10.6. The van der Waals surface area contributed by atoms with Crippen LogP contribution in [0.2, 0.25) is 5.02 Å². The van der Waals surface area contributed by atoms with Gasteiger partial charge in [0.05, 0.1) is 10.7 Å². The molecule has 1 N–H and O–H groups in total. The molecule has 0 radical (unpaired) electrons. The molecular formula is C14H10Br2ClNO. The van der Waals surface area contributed by atoms with E-state index in [-0.39, 0.29) is 0 Å². The topological polar surface area (TPSA) is 33.1 Å². The lowest BCUT2D eigenvalue weighted by Crippen LogP contribution is -2.05. The van der Waals surface area contributed by atoms with E-state index in [1.54, 1.807) is 12.3 Å². The van der Waals surface area contributed by atoms with Crippen molar-refractivity contribution in [2.45, 2.75) is 18.9 Å². The Hall–Kier alpha value is -0.420. The maximum Gasteiger partial charge on any atom is 0.122 e. The summed E-state index contributed by atoms with van der Waals surface area (Å²) in [6, 6.07) is 5.70. The highest BCUT2D eigenvalue weighted by Crippen LogP contribution is 2.38. The lowest BCUT2D eigenvalue weighted by atomic mass is 10.0. The summed E-state index contributed by atoms with van der Waals surface area (Å²) in [4.78, 5) is 4.37. The number of nitrogens with zero attached hydrogens (tertiary/aromatic N) is 1. The van der Waals surface area contributed by atoms with Crippen LogP contribution in [-0.2, 0) is 12.8 Å². The van der Waals surface area contributed by atoms with Gasteiger partial charge in [0.1, 0.15) is 6.10 Å². The molecule has 0 saturated heterocycles. The molecule has 2 aromatic rings. The Kier molecular flexibility index (Phi) is 3.69. The molecule has 1 heterocycles. The third kappa shape index (κ3) is 2.35. The zero-order chi connectivity index (χ0) is 13.6. The summed E-state index contributed by atoms with van der Waals surface area (Å²) >= 11 is 13.1. The van der Waals surface area contributed by atoms with E-state index in [4.69, 9.17) is 11.6 Å². The third-order valence-corrected chi connectivity index (χ3v) is 5.28. The molecule has 98 valence electrons. The summed E-state index contributed by atoms with van der Waals surface area (Å²) < 4.78 is 1.80. The Morgan fingerprint density at radius 3 is 2.84 bits per heavy atom. The molecule has 5 heteroatoms. The van der Waals surface area contributed by atoms with Gasteiger partial charge in [-0.15, -0.1) is 0 Å². The van der Waals surface area contributed by atoms with Gasteiger partial charge >= 0.3 is 0 Å². The fourth-order valence-corrected chi connectivity index (χ4v) is 3.58. The van der Waals surface area contributed by atoms with E-state index < -0.39 is 6.10 Å². The molecule has 3 rings (SSSR count). The van der Waals surface area contributed by atoms with Gasteiger partial charge in [-0.1, -0.05) is 17.7 Å². The smallest absolute Gasteiger partial charge is 0.122 e. The number of pyridine rings is 1. The molecule has 0 aliphatic heterocycles. The zero-order valence-corrected chi connectivity index (χ0v) is 13.8. The average Bonchev–Trinajstić information content (AvgIpc) is 2.52. The molecule has 19 heavy (non-hydrogen) atoms. The average molecular weight is 404 g/mol. The van der Waals surface area contributed by atoms with Crippen LogP contribution < -0.4 is 0 Å². The van der Waals surface area contributed by atoms with Crippen molar-refractivity contribution >= 4 is 43.5 Å². The molecule has 0 bridgehead atoms. The van der Waals surface area contributed by atoms with Crippen LogP contribution in [0.5, 0.6) is 0 Å². The SMILES string of the molecule is O[C@@H]1c2ccc(Cl)c(Br)c2CCc2cc(Br)cnc21. The van der Waals surface area contributed by atoms with Crippen LogP contribution >= 0.6 is 43.5 Å². The van der Waals surface area contributed by atoms with Crippen LogP contribution in [0, 0.1) is 0 Å². The number of halogens is 3. The highest BCUT2D eigenvalue weighted by Gasteiger charge is 2.25. The van der Waals surface area contributed by atoms with Crippen LogP contribution in [0.15, 0.2) is 33.3 Å². The molecular weight excluding hydrogens is 393 g/mol. The first-order valence-electron chi connectivity index (χ1n) is 5.87. The fraction of sp³-hybridized carbons (Fsp3) is 0.214.